The number of Topliss-reactive ketones (excluding diaryl/α,β-unsaturated/α-hetero) is 1. The Morgan fingerprint density at radius 3 is 1.82 bits per heavy atom. The first-order valence-corrected chi connectivity index (χ1v) is 7.17. The van der Waals surface area contributed by atoms with Crippen molar-refractivity contribution in [2.45, 2.75) is 53.3 Å². The Kier molecular flexibility index (Phi) is 7.36. The lowest BCUT2D eigenvalue weighted by Gasteiger charge is -2.20. The van der Waals surface area contributed by atoms with Crippen molar-refractivity contribution in [2.75, 3.05) is 0 Å². The molecular formula is C17H24F3NO. The monoisotopic (exact) mass is 315 g/mol. The molecular weight excluding hydrogens is 291 g/mol. The lowest BCUT2D eigenvalue weighted by molar-refractivity contribution is -0.137. The molecule has 1 N–H and O–H groups in total. The van der Waals surface area contributed by atoms with Gasteiger partial charge in [0.25, 0.3) is 0 Å². The van der Waals surface area contributed by atoms with Crippen molar-refractivity contribution in [1.82, 2.24) is 5.32 Å². The van der Waals surface area contributed by atoms with Gasteiger partial charge in [-0.1, -0.05) is 26.0 Å². The summed E-state index contributed by atoms with van der Waals surface area (Å²) in [5.74, 6) is -0.207. The average Bonchev–Trinajstić information content (AvgIpc) is 2.39. The summed E-state index contributed by atoms with van der Waals surface area (Å²) in [6.07, 6.45) is -2.83. The van der Waals surface area contributed by atoms with Gasteiger partial charge in [-0.25, -0.2) is 0 Å². The summed E-state index contributed by atoms with van der Waals surface area (Å²) in [5, 5.41) is 3.04. The van der Waals surface area contributed by atoms with E-state index in [1.165, 1.54) is 19.1 Å². The van der Waals surface area contributed by atoms with Gasteiger partial charge < -0.3 is 5.32 Å². The standard InChI is InChI=1S/C15H18F3NO.C2H6/c1-10(20)13(9-19-14(2,3)4)11-5-7-12(8-6-11)15(16,17)18;1-2/h5-9,19H,1-4H3;1-2H3/b13-9+;. The molecule has 22 heavy (non-hydrogen) atoms. The van der Waals surface area contributed by atoms with Gasteiger partial charge in [0.15, 0.2) is 5.78 Å². The number of hydrogen-bond donors (Lipinski definition) is 1. The van der Waals surface area contributed by atoms with E-state index in [0.717, 1.165) is 12.1 Å². The van der Waals surface area contributed by atoms with Gasteiger partial charge in [-0.15, -0.1) is 0 Å². The van der Waals surface area contributed by atoms with Crippen LogP contribution in [0.4, 0.5) is 13.2 Å². The predicted molar refractivity (Wildman–Crippen MR) is 84.3 cm³/mol. The lowest BCUT2D eigenvalue weighted by Crippen LogP contribution is -2.31. The number of carbonyl (C=O) groups excluding carboxylic acids is 1. The molecule has 0 amide bonds. The fourth-order valence-electron chi connectivity index (χ4n) is 1.52. The van der Waals surface area contributed by atoms with Gasteiger partial charge in [-0.3, -0.25) is 4.79 Å². The van der Waals surface area contributed by atoms with E-state index >= 15 is 0 Å². The van der Waals surface area contributed by atoms with Gasteiger partial charge in [0.2, 0.25) is 0 Å². The number of hydrogen-bond acceptors (Lipinski definition) is 2. The molecule has 5 heteroatoms. The third-order valence-corrected chi connectivity index (χ3v) is 2.55. The Hall–Kier alpha value is -1.78. The molecule has 0 aliphatic heterocycles. The third kappa shape index (κ3) is 6.78. The van der Waals surface area contributed by atoms with Crippen LogP contribution in [0.25, 0.3) is 5.57 Å². The summed E-state index contributed by atoms with van der Waals surface area (Å²) >= 11 is 0. The maximum absolute atomic E-state index is 12.5. The quantitative estimate of drug-likeness (QED) is 0.791. The number of ketones is 1. The fourth-order valence-corrected chi connectivity index (χ4v) is 1.52. The normalized spacial score (nSPS) is 12.3. The lowest BCUT2D eigenvalue weighted by atomic mass is 10.0. The highest BCUT2D eigenvalue weighted by Crippen LogP contribution is 2.30. The van der Waals surface area contributed by atoms with Crippen molar-refractivity contribution in [2.24, 2.45) is 0 Å². The molecule has 0 spiro atoms. The molecule has 0 saturated heterocycles. The van der Waals surface area contributed by atoms with Crippen LogP contribution in [-0.2, 0) is 11.0 Å². The number of halogens is 3. The zero-order valence-corrected chi connectivity index (χ0v) is 13.9. The second-order valence-corrected chi connectivity index (χ2v) is 5.58. The van der Waals surface area contributed by atoms with E-state index in [1.807, 2.05) is 34.6 Å². The maximum Gasteiger partial charge on any atom is 0.416 e. The summed E-state index contributed by atoms with van der Waals surface area (Å²) in [5.41, 5.74) is -0.143. The molecule has 1 aromatic carbocycles. The van der Waals surface area contributed by atoms with Crippen molar-refractivity contribution in [3.8, 4) is 0 Å². The molecule has 0 heterocycles. The smallest absolute Gasteiger partial charge is 0.386 e. The van der Waals surface area contributed by atoms with Crippen LogP contribution in [0.5, 0.6) is 0 Å². The Bertz CT molecular complexity index is 508. The minimum atomic E-state index is -4.37. The molecule has 1 rings (SSSR count). The highest BCUT2D eigenvalue weighted by Gasteiger charge is 2.30. The van der Waals surface area contributed by atoms with E-state index in [-0.39, 0.29) is 11.3 Å². The third-order valence-electron chi connectivity index (χ3n) is 2.55. The topological polar surface area (TPSA) is 29.1 Å². The number of carbonyl (C=O) groups is 1. The molecule has 0 saturated carbocycles. The Labute approximate surface area is 130 Å². The Morgan fingerprint density at radius 1 is 1.05 bits per heavy atom. The molecule has 0 aliphatic carbocycles. The van der Waals surface area contributed by atoms with Gasteiger partial charge in [0.1, 0.15) is 0 Å². The number of allylic oxidation sites excluding steroid dienone is 1. The van der Waals surface area contributed by atoms with Gasteiger partial charge in [-0.2, -0.15) is 13.2 Å². The predicted octanol–water partition coefficient (Wildman–Crippen LogP) is 5.05. The molecule has 0 unspecified atom stereocenters. The average molecular weight is 315 g/mol. The van der Waals surface area contributed by atoms with Crippen molar-refractivity contribution >= 4 is 11.4 Å². The van der Waals surface area contributed by atoms with E-state index in [0.29, 0.717) is 11.1 Å². The molecule has 0 atom stereocenters. The van der Waals surface area contributed by atoms with Crippen LogP contribution < -0.4 is 5.32 Å². The van der Waals surface area contributed by atoms with E-state index in [2.05, 4.69) is 5.32 Å². The van der Waals surface area contributed by atoms with Crippen LogP contribution >= 0.6 is 0 Å². The van der Waals surface area contributed by atoms with Crippen LogP contribution in [0.15, 0.2) is 30.5 Å². The van der Waals surface area contributed by atoms with Crippen molar-refractivity contribution in [3.05, 3.63) is 41.6 Å². The Morgan fingerprint density at radius 2 is 1.50 bits per heavy atom. The highest BCUT2D eigenvalue weighted by molar-refractivity contribution is 6.19. The molecule has 0 aliphatic rings. The molecule has 1 aromatic rings. The summed E-state index contributed by atoms with van der Waals surface area (Å²) in [6.45, 7) is 11.2. The minimum Gasteiger partial charge on any atom is -0.386 e. The molecule has 2 nitrogen and oxygen atoms in total. The van der Waals surface area contributed by atoms with Crippen molar-refractivity contribution in [1.29, 1.82) is 0 Å². The number of nitrogens with one attached hydrogen (secondary N) is 1. The van der Waals surface area contributed by atoms with E-state index < -0.39 is 11.7 Å². The fraction of sp³-hybridized carbons (Fsp3) is 0.471. The van der Waals surface area contributed by atoms with Crippen molar-refractivity contribution in [3.63, 3.8) is 0 Å². The van der Waals surface area contributed by atoms with Crippen LogP contribution in [0.1, 0.15) is 52.7 Å². The maximum atomic E-state index is 12.5. The first-order chi connectivity index (χ1) is 10.0. The summed E-state index contributed by atoms with van der Waals surface area (Å²) in [7, 11) is 0. The van der Waals surface area contributed by atoms with Gasteiger partial charge in [0, 0.05) is 17.3 Å². The second-order valence-electron chi connectivity index (χ2n) is 5.58. The first kappa shape index (κ1) is 20.2. The first-order valence-electron chi connectivity index (χ1n) is 7.17. The Balaban J connectivity index is 0.00000211. The second kappa shape index (κ2) is 8.01. The molecule has 0 bridgehead atoms. The zero-order chi connectivity index (χ0) is 17.6. The van der Waals surface area contributed by atoms with Crippen molar-refractivity contribution < 1.29 is 18.0 Å². The molecule has 0 aromatic heterocycles. The van der Waals surface area contributed by atoms with Crippen LogP contribution in [-0.4, -0.2) is 11.3 Å². The van der Waals surface area contributed by atoms with Gasteiger partial charge in [-0.05, 0) is 45.4 Å². The minimum absolute atomic E-state index is 0.207. The van der Waals surface area contributed by atoms with Crippen LogP contribution in [0.3, 0.4) is 0 Å². The molecule has 0 fully saturated rings. The number of benzene rings is 1. The summed E-state index contributed by atoms with van der Waals surface area (Å²) in [4.78, 5) is 11.6. The summed E-state index contributed by atoms with van der Waals surface area (Å²) in [6, 6.07) is 4.56. The highest BCUT2D eigenvalue weighted by atomic mass is 19.4. The SMILES string of the molecule is CC.CC(=O)/C(=C\NC(C)(C)C)c1ccc(C(F)(F)F)cc1. The van der Waals surface area contributed by atoms with Gasteiger partial charge >= 0.3 is 6.18 Å². The van der Waals surface area contributed by atoms with E-state index in [1.54, 1.807) is 6.20 Å². The molecule has 0 radical (unpaired) electrons. The zero-order valence-electron chi connectivity index (χ0n) is 13.9. The summed E-state index contributed by atoms with van der Waals surface area (Å²) < 4.78 is 37.5. The molecule has 124 valence electrons. The number of alkyl halides is 3. The van der Waals surface area contributed by atoms with Gasteiger partial charge in [0.05, 0.1) is 5.56 Å². The largest absolute Gasteiger partial charge is 0.416 e. The number of rotatable bonds is 3. The van der Waals surface area contributed by atoms with Crippen LogP contribution in [0.2, 0.25) is 0 Å². The van der Waals surface area contributed by atoms with E-state index in [9.17, 15) is 18.0 Å². The van der Waals surface area contributed by atoms with Crippen LogP contribution in [0, 0.1) is 0 Å². The van der Waals surface area contributed by atoms with E-state index in [4.69, 9.17) is 0 Å².